The third kappa shape index (κ3) is 5.93. The molecule has 0 atom stereocenters. The largest absolute Gasteiger partial charge is 0.306 e. The van der Waals surface area contributed by atoms with Crippen LogP contribution in [0.1, 0.15) is 51.9 Å². The van der Waals surface area contributed by atoms with Gasteiger partial charge in [0, 0.05) is 6.42 Å². The molecule has 0 aromatic rings. The second-order valence-corrected chi connectivity index (χ2v) is 5.05. The highest BCUT2D eigenvalue weighted by molar-refractivity contribution is 5.75. The van der Waals surface area contributed by atoms with Crippen LogP contribution < -0.4 is 0 Å². The number of ketones is 1. The predicted octanol–water partition coefficient (Wildman–Crippen LogP) is 2.87. The Balaban J connectivity index is 1.97. The summed E-state index contributed by atoms with van der Waals surface area (Å²) in [4.78, 5) is 13.1. The summed E-state index contributed by atoms with van der Waals surface area (Å²) < 4.78 is 0. The Bertz CT molecular complexity index is 185. The Hall–Kier alpha value is -0.370. The fourth-order valence-corrected chi connectivity index (χ4v) is 2.41. The molecule has 1 fully saturated rings. The highest BCUT2D eigenvalue weighted by Crippen LogP contribution is 2.27. The van der Waals surface area contributed by atoms with Crippen molar-refractivity contribution in [2.45, 2.75) is 51.9 Å². The molecule has 1 aliphatic rings. The van der Waals surface area contributed by atoms with Gasteiger partial charge >= 0.3 is 0 Å². The zero-order valence-corrected chi connectivity index (χ0v) is 10.3. The van der Waals surface area contributed by atoms with Crippen LogP contribution in [-0.2, 0) is 4.79 Å². The monoisotopic (exact) mass is 211 g/mol. The van der Waals surface area contributed by atoms with E-state index in [0.717, 1.165) is 25.3 Å². The molecule has 0 radical (unpaired) electrons. The van der Waals surface area contributed by atoms with Crippen LogP contribution in [0.15, 0.2) is 0 Å². The van der Waals surface area contributed by atoms with Gasteiger partial charge in [-0.25, -0.2) is 0 Å². The minimum absolute atomic E-state index is 0.319. The van der Waals surface area contributed by atoms with E-state index in [1.54, 1.807) is 6.92 Å². The lowest BCUT2D eigenvalue weighted by Crippen LogP contribution is -2.22. The zero-order valence-electron chi connectivity index (χ0n) is 10.3. The Morgan fingerprint density at radius 1 is 1.27 bits per heavy atom. The number of carbonyl (C=O) groups excluding carboxylic acids is 1. The SMILES string of the molecule is CC(=O)CCCN(C)CCC1CCCC1. The molecule has 2 nitrogen and oxygen atoms in total. The van der Waals surface area contributed by atoms with Gasteiger partial charge < -0.3 is 9.69 Å². The van der Waals surface area contributed by atoms with Gasteiger partial charge in [0.1, 0.15) is 5.78 Å². The molecule has 0 aliphatic heterocycles. The molecule has 0 spiro atoms. The van der Waals surface area contributed by atoms with Gasteiger partial charge in [-0.15, -0.1) is 0 Å². The fraction of sp³-hybridized carbons (Fsp3) is 0.923. The second kappa shape index (κ2) is 7.00. The Kier molecular flexibility index (Phi) is 5.92. The van der Waals surface area contributed by atoms with Crippen molar-refractivity contribution in [3.63, 3.8) is 0 Å². The molecular weight excluding hydrogens is 186 g/mol. The molecule has 1 rings (SSSR count). The normalized spacial score (nSPS) is 17.5. The maximum atomic E-state index is 10.8. The van der Waals surface area contributed by atoms with Gasteiger partial charge in [-0.1, -0.05) is 25.7 Å². The number of carbonyl (C=O) groups is 1. The summed E-state index contributed by atoms with van der Waals surface area (Å²) in [6, 6.07) is 0. The number of Topliss-reactive ketones (excluding diaryl/α,β-unsaturated/α-hetero) is 1. The maximum Gasteiger partial charge on any atom is 0.129 e. The number of hydrogen-bond acceptors (Lipinski definition) is 2. The van der Waals surface area contributed by atoms with E-state index in [9.17, 15) is 4.79 Å². The molecular formula is C13H25NO. The molecule has 0 aromatic carbocycles. The number of rotatable bonds is 7. The first kappa shape index (κ1) is 12.7. The first-order valence-electron chi connectivity index (χ1n) is 6.36. The van der Waals surface area contributed by atoms with Crippen LogP contribution in [0.3, 0.4) is 0 Å². The molecule has 0 aromatic heterocycles. The van der Waals surface area contributed by atoms with Gasteiger partial charge in [-0.05, 0) is 45.8 Å². The first-order chi connectivity index (χ1) is 7.18. The van der Waals surface area contributed by atoms with E-state index < -0.39 is 0 Å². The highest BCUT2D eigenvalue weighted by Gasteiger charge is 2.14. The summed E-state index contributed by atoms with van der Waals surface area (Å²) in [6.07, 6.45) is 8.90. The molecule has 0 N–H and O–H groups in total. The standard InChI is InChI=1S/C13H25NO/c1-12(15)6-5-10-14(2)11-9-13-7-3-4-8-13/h13H,3-11H2,1-2H3. The lowest BCUT2D eigenvalue weighted by atomic mass is 10.0. The minimum Gasteiger partial charge on any atom is -0.306 e. The van der Waals surface area contributed by atoms with E-state index in [-0.39, 0.29) is 0 Å². The van der Waals surface area contributed by atoms with E-state index in [0.29, 0.717) is 5.78 Å². The summed E-state index contributed by atoms with van der Waals surface area (Å²) in [7, 11) is 2.18. The lowest BCUT2D eigenvalue weighted by molar-refractivity contribution is -0.117. The maximum absolute atomic E-state index is 10.8. The molecule has 0 saturated heterocycles. The Morgan fingerprint density at radius 3 is 2.53 bits per heavy atom. The van der Waals surface area contributed by atoms with Crippen LogP contribution in [0.5, 0.6) is 0 Å². The average Bonchev–Trinajstić information content (AvgIpc) is 2.66. The number of hydrogen-bond donors (Lipinski definition) is 0. The summed E-state index contributed by atoms with van der Waals surface area (Å²) in [5, 5.41) is 0. The van der Waals surface area contributed by atoms with Gasteiger partial charge in [0.25, 0.3) is 0 Å². The quantitative estimate of drug-likeness (QED) is 0.645. The molecule has 1 aliphatic carbocycles. The van der Waals surface area contributed by atoms with Crippen molar-refractivity contribution in [2.75, 3.05) is 20.1 Å². The lowest BCUT2D eigenvalue weighted by Gasteiger charge is -2.18. The third-order valence-electron chi connectivity index (χ3n) is 3.46. The van der Waals surface area contributed by atoms with Crippen LogP contribution in [0.4, 0.5) is 0 Å². The van der Waals surface area contributed by atoms with Crippen molar-refractivity contribution < 1.29 is 4.79 Å². The average molecular weight is 211 g/mol. The van der Waals surface area contributed by atoms with Crippen molar-refractivity contribution in [1.29, 1.82) is 0 Å². The predicted molar refractivity (Wildman–Crippen MR) is 64.0 cm³/mol. The molecule has 1 saturated carbocycles. The molecule has 88 valence electrons. The van der Waals surface area contributed by atoms with Gasteiger partial charge in [0.15, 0.2) is 0 Å². The summed E-state index contributed by atoms with van der Waals surface area (Å²) in [5.74, 6) is 1.31. The number of nitrogens with zero attached hydrogens (tertiary/aromatic N) is 1. The summed E-state index contributed by atoms with van der Waals surface area (Å²) in [5.41, 5.74) is 0. The molecule has 0 heterocycles. The van der Waals surface area contributed by atoms with E-state index in [4.69, 9.17) is 0 Å². The smallest absolute Gasteiger partial charge is 0.129 e. The van der Waals surface area contributed by atoms with Crippen molar-refractivity contribution in [1.82, 2.24) is 4.90 Å². The van der Waals surface area contributed by atoms with Crippen molar-refractivity contribution in [3.05, 3.63) is 0 Å². The van der Waals surface area contributed by atoms with Crippen LogP contribution >= 0.6 is 0 Å². The van der Waals surface area contributed by atoms with E-state index in [1.165, 1.54) is 38.6 Å². The Labute approximate surface area is 94.0 Å². The van der Waals surface area contributed by atoms with E-state index in [2.05, 4.69) is 11.9 Å². The van der Waals surface area contributed by atoms with E-state index in [1.807, 2.05) is 0 Å². The molecule has 0 bridgehead atoms. The van der Waals surface area contributed by atoms with Crippen LogP contribution in [-0.4, -0.2) is 30.8 Å². The second-order valence-electron chi connectivity index (χ2n) is 5.05. The summed E-state index contributed by atoms with van der Waals surface area (Å²) >= 11 is 0. The van der Waals surface area contributed by atoms with Gasteiger partial charge in [-0.3, -0.25) is 0 Å². The topological polar surface area (TPSA) is 20.3 Å². The zero-order chi connectivity index (χ0) is 11.1. The minimum atomic E-state index is 0.319. The van der Waals surface area contributed by atoms with Crippen LogP contribution in [0.2, 0.25) is 0 Å². The van der Waals surface area contributed by atoms with E-state index >= 15 is 0 Å². The molecule has 0 amide bonds. The summed E-state index contributed by atoms with van der Waals surface area (Å²) in [6.45, 7) is 3.97. The van der Waals surface area contributed by atoms with Gasteiger partial charge in [-0.2, -0.15) is 0 Å². The van der Waals surface area contributed by atoms with Crippen LogP contribution in [0, 0.1) is 5.92 Å². The van der Waals surface area contributed by atoms with Crippen molar-refractivity contribution >= 4 is 5.78 Å². The molecule has 0 unspecified atom stereocenters. The molecule has 2 heteroatoms. The van der Waals surface area contributed by atoms with Crippen molar-refractivity contribution in [2.24, 2.45) is 5.92 Å². The van der Waals surface area contributed by atoms with Gasteiger partial charge in [0.2, 0.25) is 0 Å². The van der Waals surface area contributed by atoms with Crippen molar-refractivity contribution in [3.8, 4) is 0 Å². The molecule has 15 heavy (non-hydrogen) atoms. The highest BCUT2D eigenvalue weighted by atomic mass is 16.1. The van der Waals surface area contributed by atoms with Gasteiger partial charge in [0.05, 0.1) is 0 Å². The fourth-order valence-electron chi connectivity index (χ4n) is 2.41. The Morgan fingerprint density at radius 2 is 1.93 bits per heavy atom. The third-order valence-corrected chi connectivity index (χ3v) is 3.46. The first-order valence-corrected chi connectivity index (χ1v) is 6.36. The van der Waals surface area contributed by atoms with Crippen LogP contribution in [0.25, 0.3) is 0 Å².